The van der Waals surface area contributed by atoms with Gasteiger partial charge in [0.2, 0.25) is 21.8 Å². The highest BCUT2D eigenvalue weighted by atomic mass is 32.2. The van der Waals surface area contributed by atoms with Gasteiger partial charge in [-0.1, -0.05) is 67.6 Å². The molecular weight excluding hydrogens is 544 g/mol. The van der Waals surface area contributed by atoms with Crippen molar-refractivity contribution in [2.45, 2.75) is 46.2 Å². The maximum atomic E-state index is 14.1. The number of anilines is 1. The minimum atomic E-state index is -4.05. The van der Waals surface area contributed by atoms with E-state index in [2.05, 4.69) is 5.32 Å². The average Bonchev–Trinajstić information content (AvgIpc) is 2.93. The molecule has 0 aliphatic carbocycles. The van der Waals surface area contributed by atoms with Crippen LogP contribution in [0.2, 0.25) is 0 Å². The first-order valence-electron chi connectivity index (χ1n) is 13.3. The van der Waals surface area contributed by atoms with E-state index < -0.39 is 33.4 Å². The van der Waals surface area contributed by atoms with Gasteiger partial charge in [0.15, 0.2) is 0 Å². The van der Waals surface area contributed by atoms with E-state index in [1.54, 1.807) is 6.92 Å². The molecule has 0 fully saturated rings. The summed E-state index contributed by atoms with van der Waals surface area (Å²) in [6.07, 6.45) is 1.85. The molecule has 11 heteroatoms. The fourth-order valence-electron chi connectivity index (χ4n) is 4.47. The van der Waals surface area contributed by atoms with Gasteiger partial charge in [0.05, 0.1) is 16.9 Å². The number of hydrogen-bond donors (Lipinski definition) is 1. The summed E-state index contributed by atoms with van der Waals surface area (Å²) in [6, 6.07) is 19.7. The second-order valence-corrected chi connectivity index (χ2v) is 11.8. The maximum Gasteiger partial charge on any atom is 0.271 e. The summed E-state index contributed by atoms with van der Waals surface area (Å²) in [5.74, 6) is -0.966. The van der Waals surface area contributed by atoms with Crippen molar-refractivity contribution in [3.63, 3.8) is 0 Å². The molecule has 0 aliphatic rings. The second kappa shape index (κ2) is 13.9. The first-order chi connectivity index (χ1) is 19.4. The predicted molar refractivity (Wildman–Crippen MR) is 159 cm³/mol. The lowest BCUT2D eigenvalue weighted by Gasteiger charge is -2.34. The molecule has 1 N–H and O–H groups in total. The van der Waals surface area contributed by atoms with E-state index in [0.29, 0.717) is 18.5 Å². The Labute approximate surface area is 241 Å². The normalized spacial score (nSPS) is 11.9. The van der Waals surface area contributed by atoms with Crippen molar-refractivity contribution in [2.75, 3.05) is 23.7 Å². The third kappa shape index (κ3) is 8.37. The molecule has 0 heterocycles. The van der Waals surface area contributed by atoms with Crippen LogP contribution in [0.5, 0.6) is 0 Å². The van der Waals surface area contributed by atoms with E-state index >= 15 is 0 Å². The minimum Gasteiger partial charge on any atom is -0.354 e. The van der Waals surface area contributed by atoms with Crippen LogP contribution >= 0.6 is 0 Å². The van der Waals surface area contributed by atoms with Crippen molar-refractivity contribution in [2.24, 2.45) is 0 Å². The number of nitrogens with zero attached hydrogens (tertiary/aromatic N) is 3. The SMILES string of the molecule is CCCNC(=O)[C@H](Cc1ccccc1)N(Cc1ccccc1C)C(=O)CN(c1cc([N+](=O)[O-])ccc1C)S(C)(=O)=O. The lowest BCUT2D eigenvalue weighted by Crippen LogP contribution is -2.53. The van der Waals surface area contributed by atoms with Crippen LogP contribution in [0.4, 0.5) is 11.4 Å². The smallest absolute Gasteiger partial charge is 0.271 e. The van der Waals surface area contributed by atoms with Crippen molar-refractivity contribution >= 4 is 33.2 Å². The number of rotatable bonds is 13. The number of non-ortho nitro benzene ring substituents is 1. The number of nitro groups is 1. The number of amides is 2. The second-order valence-electron chi connectivity index (χ2n) is 9.94. The standard InChI is InChI=1S/C30H36N4O6S/c1-5-17-31-30(36)28(18-24-12-7-6-8-13-24)32(20-25-14-10-9-11-22(25)2)29(35)21-33(41(4,39)40)27-19-26(34(37)38)16-15-23(27)3/h6-16,19,28H,5,17-18,20-21H2,1-4H3,(H,31,36)/t28-/m0/s1. The Balaban J connectivity index is 2.10. The molecule has 2 amide bonds. The van der Waals surface area contributed by atoms with Crippen LogP contribution in [0.3, 0.4) is 0 Å². The first-order valence-corrected chi connectivity index (χ1v) is 15.2. The quantitative estimate of drug-likeness (QED) is 0.239. The number of hydrogen-bond acceptors (Lipinski definition) is 6. The van der Waals surface area contributed by atoms with Crippen LogP contribution in [0.15, 0.2) is 72.8 Å². The van der Waals surface area contributed by atoms with Gasteiger partial charge in [0.1, 0.15) is 12.6 Å². The third-order valence-electron chi connectivity index (χ3n) is 6.77. The van der Waals surface area contributed by atoms with E-state index in [1.807, 2.05) is 68.4 Å². The molecule has 0 aliphatic heterocycles. The fraction of sp³-hybridized carbons (Fsp3) is 0.333. The highest BCUT2D eigenvalue weighted by Crippen LogP contribution is 2.28. The summed E-state index contributed by atoms with van der Waals surface area (Å²) >= 11 is 0. The Kier molecular flexibility index (Phi) is 10.6. The van der Waals surface area contributed by atoms with Crippen LogP contribution < -0.4 is 9.62 Å². The molecule has 0 unspecified atom stereocenters. The van der Waals surface area contributed by atoms with E-state index in [1.165, 1.54) is 17.0 Å². The molecule has 3 rings (SSSR count). The van der Waals surface area contributed by atoms with Gasteiger partial charge in [-0.25, -0.2) is 8.42 Å². The Hall–Kier alpha value is -4.25. The Bertz CT molecular complexity index is 1490. The van der Waals surface area contributed by atoms with Gasteiger partial charge in [-0.05, 0) is 42.5 Å². The lowest BCUT2D eigenvalue weighted by molar-refractivity contribution is -0.384. The zero-order chi connectivity index (χ0) is 30.2. The molecule has 218 valence electrons. The van der Waals surface area contributed by atoms with Gasteiger partial charge >= 0.3 is 0 Å². The van der Waals surface area contributed by atoms with Crippen molar-refractivity contribution in [1.82, 2.24) is 10.2 Å². The van der Waals surface area contributed by atoms with Crippen molar-refractivity contribution in [1.29, 1.82) is 0 Å². The molecule has 0 bridgehead atoms. The molecular formula is C30H36N4O6S. The molecule has 3 aromatic rings. The molecule has 0 radical (unpaired) electrons. The zero-order valence-electron chi connectivity index (χ0n) is 23.7. The number of carbonyl (C=O) groups excluding carboxylic acids is 2. The lowest BCUT2D eigenvalue weighted by atomic mass is 10.0. The number of aryl methyl sites for hydroxylation is 2. The van der Waals surface area contributed by atoms with E-state index in [4.69, 9.17) is 0 Å². The first kappa shape index (κ1) is 31.3. The van der Waals surface area contributed by atoms with Crippen LogP contribution in [-0.4, -0.2) is 55.4 Å². The van der Waals surface area contributed by atoms with Crippen LogP contribution in [0, 0.1) is 24.0 Å². The molecule has 1 atom stereocenters. The fourth-order valence-corrected chi connectivity index (χ4v) is 5.36. The van der Waals surface area contributed by atoms with Crippen LogP contribution in [0.1, 0.15) is 35.6 Å². The predicted octanol–water partition coefficient (Wildman–Crippen LogP) is 4.14. The van der Waals surface area contributed by atoms with E-state index in [0.717, 1.165) is 33.3 Å². The van der Waals surface area contributed by atoms with Gasteiger partial charge in [-0.2, -0.15) is 0 Å². The third-order valence-corrected chi connectivity index (χ3v) is 7.90. The average molecular weight is 581 g/mol. The highest BCUT2D eigenvalue weighted by Gasteiger charge is 2.33. The molecule has 0 spiro atoms. The number of sulfonamides is 1. The highest BCUT2D eigenvalue weighted by molar-refractivity contribution is 7.92. The Morgan fingerprint density at radius 1 is 0.976 bits per heavy atom. The zero-order valence-corrected chi connectivity index (χ0v) is 24.6. The van der Waals surface area contributed by atoms with Gasteiger partial charge < -0.3 is 10.2 Å². The van der Waals surface area contributed by atoms with Crippen molar-refractivity contribution in [3.8, 4) is 0 Å². The van der Waals surface area contributed by atoms with Gasteiger partial charge in [0, 0.05) is 31.6 Å². The van der Waals surface area contributed by atoms with Crippen LogP contribution in [0.25, 0.3) is 0 Å². The molecule has 10 nitrogen and oxygen atoms in total. The van der Waals surface area contributed by atoms with Gasteiger partial charge in [-0.15, -0.1) is 0 Å². The Morgan fingerprint density at radius 3 is 2.24 bits per heavy atom. The number of benzene rings is 3. The molecule has 3 aromatic carbocycles. The summed E-state index contributed by atoms with van der Waals surface area (Å²) in [4.78, 5) is 39.9. The number of nitrogens with one attached hydrogen (secondary N) is 1. The summed E-state index contributed by atoms with van der Waals surface area (Å²) < 4.78 is 26.8. The largest absolute Gasteiger partial charge is 0.354 e. The topological polar surface area (TPSA) is 130 Å². The summed E-state index contributed by atoms with van der Waals surface area (Å²) in [5, 5.41) is 14.3. The molecule has 0 saturated carbocycles. The minimum absolute atomic E-state index is 0.0286. The summed E-state index contributed by atoms with van der Waals surface area (Å²) in [6.45, 7) is 5.28. The molecule has 0 aromatic heterocycles. The van der Waals surface area contributed by atoms with E-state index in [9.17, 15) is 28.1 Å². The number of carbonyl (C=O) groups is 2. The Morgan fingerprint density at radius 2 is 1.63 bits per heavy atom. The van der Waals surface area contributed by atoms with Gasteiger partial charge in [-0.3, -0.25) is 24.0 Å². The van der Waals surface area contributed by atoms with Crippen LogP contribution in [-0.2, 0) is 32.6 Å². The maximum absolute atomic E-state index is 14.1. The van der Waals surface area contributed by atoms with E-state index in [-0.39, 0.29) is 30.2 Å². The summed E-state index contributed by atoms with van der Waals surface area (Å²) in [5.41, 5.74) is 2.72. The van der Waals surface area contributed by atoms with Crippen molar-refractivity contribution < 1.29 is 22.9 Å². The number of nitro benzene ring substituents is 1. The monoisotopic (exact) mass is 580 g/mol. The summed E-state index contributed by atoms with van der Waals surface area (Å²) in [7, 11) is -4.05. The van der Waals surface area contributed by atoms with Crippen molar-refractivity contribution in [3.05, 3.63) is 105 Å². The van der Waals surface area contributed by atoms with Gasteiger partial charge in [0.25, 0.3) is 5.69 Å². The molecule has 0 saturated heterocycles. The molecule has 41 heavy (non-hydrogen) atoms.